The number of nitrogens with one attached hydrogen (secondary N) is 2. The van der Waals surface area contributed by atoms with E-state index in [0.29, 0.717) is 29.7 Å². The van der Waals surface area contributed by atoms with E-state index in [1.807, 2.05) is 36.1 Å². The Hall–Kier alpha value is -3.22. The highest BCUT2D eigenvalue weighted by Gasteiger charge is 2.19. The number of anilines is 2. The second kappa shape index (κ2) is 12.5. The number of carbonyl (C=O) groups is 2. The highest BCUT2D eigenvalue weighted by atomic mass is 16.5. The number of hydrogen-bond acceptors (Lipinski definition) is 5. The molecule has 0 spiro atoms. The number of benzene rings is 2. The summed E-state index contributed by atoms with van der Waals surface area (Å²) in [6.45, 7) is 3.84. The Morgan fingerprint density at radius 1 is 0.857 bits per heavy atom. The largest absolute Gasteiger partial charge is 0.490 e. The summed E-state index contributed by atoms with van der Waals surface area (Å²) in [5.41, 5.74) is 2.27. The van der Waals surface area contributed by atoms with Gasteiger partial charge in [-0.25, -0.2) is 0 Å². The Morgan fingerprint density at radius 2 is 1.54 bits per heavy atom. The van der Waals surface area contributed by atoms with Crippen molar-refractivity contribution in [2.45, 2.75) is 64.3 Å². The zero-order chi connectivity index (χ0) is 24.5. The lowest BCUT2D eigenvalue weighted by molar-refractivity contribution is -0.134. The van der Waals surface area contributed by atoms with Crippen molar-refractivity contribution in [2.24, 2.45) is 0 Å². The fourth-order valence-electron chi connectivity index (χ4n) is 4.75. The number of nitrogens with zero attached hydrogens (tertiary/aromatic N) is 1. The van der Waals surface area contributed by atoms with Gasteiger partial charge in [-0.05, 0) is 81.5 Å². The van der Waals surface area contributed by atoms with Gasteiger partial charge >= 0.3 is 0 Å². The molecule has 1 heterocycles. The summed E-state index contributed by atoms with van der Waals surface area (Å²) in [6, 6.07) is 13.4. The van der Waals surface area contributed by atoms with Gasteiger partial charge in [0.1, 0.15) is 0 Å². The average molecular weight is 480 g/mol. The van der Waals surface area contributed by atoms with Crippen LogP contribution in [0.2, 0.25) is 0 Å². The Labute approximate surface area is 208 Å². The molecule has 1 aliphatic heterocycles. The number of carbonyl (C=O) groups excluding carboxylic acids is 2. The second-order valence-electron chi connectivity index (χ2n) is 9.34. The van der Waals surface area contributed by atoms with Gasteiger partial charge in [0, 0.05) is 36.1 Å². The van der Waals surface area contributed by atoms with Gasteiger partial charge in [0.05, 0.1) is 6.61 Å². The van der Waals surface area contributed by atoms with Crippen molar-refractivity contribution in [3.05, 3.63) is 48.0 Å². The van der Waals surface area contributed by atoms with Crippen molar-refractivity contribution >= 4 is 23.2 Å². The number of hydrogen-bond donors (Lipinski definition) is 2. The van der Waals surface area contributed by atoms with Crippen LogP contribution in [-0.2, 0) is 4.79 Å². The molecule has 2 fully saturated rings. The highest BCUT2D eigenvalue weighted by Crippen LogP contribution is 2.29. The van der Waals surface area contributed by atoms with Crippen molar-refractivity contribution in [1.82, 2.24) is 4.90 Å². The van der Waals surface area contributed by atoms with Gasteiger partial charge in [-0.2, -0.15) is 0 Å². The van der Waals surface area contributed by atoms with Crippen molar-refractivity contribution < 1.29 is 19.1 Å². The summed E-state index contributed by atoms with van der Waals surface area (Å²) in [4.78, 5) is 27.2. The van der Waals surface area contributed by atoms with Gasteiger partial charge < -0.3 is 25.0 Å². The standard InChI is InChI=1S/C28H37N3O4/c1-2-34-26-19-21(11-16-25(26)35-20-27(32)31-17-7-4-8-18-31)28(33)30-24-14-12-23(13-15-24)29-22-9-5-3-6-10-22/h11-16,19,22,29H,2-10,17-18,20H2,1H3,(H,30,33). The van der Waals surface area contributed by atoms with Crippen LogP contribution < -0.4 is 20.1 Å². The summed E-state index contributed by atoms with van der Waals surface area (Å²) >= 11 is 0. The van der Waals surface area contributed by atoms with Crippen molar-refractivity contribution in [3.8, 4) is 11.5 Å². The van der Waals surface area contributed by atoms with E-state index >= 15 is 0 Å². The predicted octanol–water partition coefficient (Wildman–Crippen LogP) is 5.47. The molecular weight excluding hydrogens is 442 g/mol. The molecule has 0 bridgehead atoms. The second-order valence-corrected chi connectivity index (χ2v) is 9.34. The van der Waals surface area contributed by atoms with Crippen LogP contribution in [-0.4, -0.2) is 49.1 Å². The number of piperidine rings is 1. The lowest BCUT2D eigenvalue weighted by Crippen LogP contribution is -2.38. The number of likely N-dealkylation sites (tertiary alicyclic amines) is 1. The Morgan fingerprint density at radius 3 is 2.26 bits per heavy atom. The van der Waals surface area contributed by atoms with Crippen LogP contribution in [0.5, 0.6) is 11.5 Å². The smallest absolute Gasteiger partial charge is 0.260 e. The molecule has 188 valence electrons. The first kappa shape index (κ1) is 24.9. The summed E-state index contributed by atoms with van der Waals surface area (Å²) in [6.07, 6.45) is 9.59. The zero-order valence-electron chi connectivity index (χ0n) is 20.7. The van der Waals surface area contributed by atoms with Crippen molar-refractivity contribution in [2.75, 3.05) is 36.9 Å². The van der Waals surface area contributed by atoms with E-state index in [0.717, 1.165) is 37.3 Å². The van der Waals surface area contributed by atoms with Crippen LogP contribution in [0.3, 0.4) is 0 Å². The molecule has 1 saturated carbocycles. The molecule has 2 N–H and O–H groups in total. The van der Waals surface area contributed by atoms with E-state index in [-0.39, 0.29) is 18.4 Å². The molecule has 0 aromatic heterocycles. The first-order valence-electron chi connectivity index (χ1n) is 13.0. The van der Waals surface area contributed by atoms with E-state index in [1.54, 1.807) is 18.2 Å². The third kappa shape index (κ3) is 7.13. The van der Waals surface area contributed by atoms with Gasteiger partial charge in [-0.3, -0.25) is 9.59 Å². The van der Waals surface area contributed by atoms with Crippen LogP contribution in [0, 0.1) is 0 Å². The molecule has 2 aromatic rings. The van der Waals surface area contributed by atoms with E-state index in [1.165, 1.54) is 38.5 Å². The summed E-state index contributed by atoms with van der Waals surface area (Å²) in [5, 5.41) is 6.54. The highest BCUT2D eigenvalue weighted by molar-refractivity contribution is 6.04. The molecule has 2 aliphatic rings. The Kier molecular flexibility index (Phi) is 8.87. The minimum absolute atomic E-state index is 0.0182. The number of amides is 2. The lowest BCUT2D eigenvalue weighted by atomic mass is 9.95. The first-order chi connectivity index (χ1) is 17.1. The molecule has 7 nitrogen and oxygen atoms in total. The van der Waals surface area contributed by atoms with Crippen LogP contribution in [0.1, 0.15) is 68.6 Å². The third-order valence-electron chi connectivity index (χ3n) is 6.68. The lowest BCUT2D eigenvalue weighted by Gasteiger charge is -2.26. The fourth-order valence-corrected chi connectivity index (χ4v) is 4.75. The maximum absolute atomic E-state index is 12.9. The predicted molar refractivity (Wildman–Crippen MR) is 138 cm³/mol. The maximum Gasteiger partial charge on any atom is 0.260 e. The van der Waals surface area contributed by atoms with Crippen LogP contribution in [0.4, 0.5) is 11.4 Å². The van der Waals surface area contributed by atoms with E-state index in [4.69, 9.17) is 9.47 Å². The van der Waals surface area contributed by atoms with Gasteiger partial charge in [0.15, 0.2) is 18.1 Å². The van der Waals surface area contributed by atoms with Crippen molar-refractivity contribution in [3.63, 3.8) is 0 Å². The van der Waals surface area contributed by atoms with Crippen molar-refractivity contribution in [1.29, 1.82) is 0 Å². The van der Waals surface area contributed by atoms with Gasteiger partial charge in [0.25, 0.3) is 11.8 Å². The first-order valence-corrected chi connectivity index (χ1v) is 13.0. The van der Waals surface area contributed by atoms with Gasteiger partial charge in [0.2, 0.25) is 0 Å². The molecule has 7 heteroatoms. The quantitative estimate of drug-likeness (QED) is 0.498. The van der Waals surface area contributed by atoms with Gasteiger partial charge in [-0.1, -0.05) is 19.3 Å². The molecule has 1 aliphatic carbocycles. The summed E-state index contributed by atoms with van der Waals surface area (Å²) < 4.78 is 11.5. The average Bonchev–Trinajstić information content (AvgIpc) is 2.90. The molecule has 35 heavy (non-hydrogen) atoms. The Balaban J connectivity index is 1.34. The van der Waals surface area contributed by atoms with Crippen LogP contribution in [0.25, 0.3) is 0 Å². The van der Waals surface area contributed by atoms with Crippen LogP contribution in [0.15, 0.2) is 42.5 Å². The third-order valence-corrected chi connectivity index (χ3v) is 6.68. The minimum atomic E-state index is -0.227. The molecule has 0 atom stereocenters. The molecule has 0 unspecified atom stereocenters. The fraction of sp³-hybridized carbons (Fsp3) is 0.500. The Bertz CT molecular complexity index is 980. The van der Waals surface area contributed by atoms with E-state index < -0.39 is 0 Å². The maximum atomic E-state index is 12.9. The molecule has 2 aromatic carbocycles. The van der Waals surface area contributed by atoms with Crippen LogP contribution >= 0.6 is 0 Å². The topological polar surface area (TPSA) is 79.9 Å². The SMILES string of the molecule is CCOc1cc(C(=O)Nc2ccc(NC3CCCCC3)cc2)ccc1OCC(=O)N1CCCCC1. The number of ether oxygens (including phenoxy) is 2. The molecule has 0 radical (unpaired) electrons. The normalized spacial score (nSPS) is 16.4. The van der Waals surface area contributed by atoms with Gasteiger partial charge in [-0.15, -0.1) is 0 Å². The van der Waals surface area contributed by atoms with E-state index in [9.17, 15) is 9.59 Å². The van der Waals surface area contributed by atoms with E-state index in [2.05, 4.69) is 10.6 Å². The summed E-state index contributed by atoms with van der Waals surface area (Å²) in [5.74, 6) is 0.677. The number of rotatable bonds is 9. The minimum Gasteiger partial charge on any atom is -0.490 e. The molecule has 4 rings (SSSR count). The summed E-state index contributed by atoms with van der Waals surface area (Å²) in [7, 11) is 0. The molecule has 2 amide bonds. The molecule has 1 saturated heterocycles. The molecular formula is C28H37N3O4. The zero-order valence-corrected chi connectivity index (χ0v) is 20.7. The monoisotopic (exact) mass is 479 g/mol.